The average Bonchev–Trinajstić information content (AvgIpc) is 2.71. The molecule has 2 unspecified atom stereocenters. The number of likely N-dealkylation sites (N-methyl/N-ethyl adjacent to an activating group) is 1. The molecule has 0 amide bonds. The standard InChI is InChI=1S/C15H30N2O/c1-12-15(11-16,9-10-18-12)17(4)13-5-7-14(2,3)8-6-13/h12-13H,5-11,16H2,1-4H3. The fraction of sp³-hybridized carbons (Fsp3) is 1.00. The SMILES string of the molecule is CC1OCCC1(CN)N(C)C1CCC(C)(C)CC1. The van der Waals surface area contributed by atoms with Gasteiger partial charge in [-0.05, 0) is 51.5 Å². The van der Waals surface area contributed by atoms with Crippen LogP contribution >= 0.6 is 0 Å². The second-order valence-electron chi connectivity index (χ2n) is 7.08. The van der Waals surface area contributed by atoms with E-state index >= 15 is 0 Å². The second-order valence-corrected chi connectivity index (χ2v) is 7.08. The fourth-order valence-electron chi connectivity index (χ4n) is 3.78. The lowest BCUT2D eigenvalue weighted by atomic mass is 9.74. The number of nitrogens with zero attached hydrogens (tertiary/aromatic N) is 1. The van der Waals surface area contributed by atoms with E-state index in [0.717, 1.165) is 13.0 Å². The van der Waals surface area contributed by atoms with E-state index in [1.54, 1.807) is 0 Å². The Morgan fingerprint density at radius 2 is 1.83 bits per heavy atom. The first-order valence-corrected chi connectivity index (χ1v) is 7.46. The van der Waals surface area contributed by atoms with Crippen molar-refractivity contribution in [1.29, 1.82) is 0 Å². The van der Waals surface area contributed by atoms with Gasteiger partial charge in [-0.3, -0.25) is 4.90 Å². The predicted molar refractivity (Wildman–Crippen MR) is 75.6 cm³/mol. The van der Waals surface area contributed by atoms with E-state index in [1.165, 1.54) is 25.7 Å². The zero-order valence-electron chi connectivity index (χ0n) is 12.5. The van der Waals surface area contributed by atoms with Gasteiger partial charge < -0.3 is 10.5 Å². The van der Waals surface area contributed by atoms with Gasteiger partial charge in [0.2, 0.25) is 0 Å². The lowest BCUT2D eigenvalue weighted by Crippen LogP contribution is -2.60. The minimum absolute atomic E-state index is 0.0755. The number of hydrogen-bond donors (Lipinski definition) is 1. The van der Waals surface area contributed by atoms with Crippen molar-refractivity contribution in [2.45, 2.75) is 70.6 Å². The van der Waals surface area contributed by atoms with Crippen LogP contribution in [0, 0.1) is 5.41 Å². The molecule has 18 heavy (non-hydrogen) atoms. The second kappa shape index (κ2) is 5.10. The summed E-state index contributed by atoms with van der Waals surface area (Å²) in [5.41, 5.74) is 6.71. The molecule has 1 aliphatic carbocycles. The molecule has 1 heterocycles. The molecular formula is C15H30N2O. The molecule has 3 nitrogen and oxygen atoms in total. The summed E-state index contributed by atoms with van der Waals surface area (Å²) in [6.07, 6.45) is 6.62. The highest BCUT2D eigenvalue weighted by Crippen LogP contribution is 2.40. The largest absolute Gasteiger partial charge is 0.376 e. The van der Waals surface area contributed by atoms with Gasteiger partial charge in [0.25, 0.3) is 0 Å². The smallest absolute Gasteiger partial charge is 0.0743 e. The van der Waals surface area contributed by atoms with E-state index in [2.05, 4.69) is 32.7 Å². The zero-order valence-corrected chi connectivity index (χ0v) is 12.5. The maximum atomic E-state index is 6.10. The van der Waals surface area contributed by atoms with Gasteiger partial charge in [0.1, 0.15) is 0 Å². The highest BCUT2D eigenvalue weighted by atomic mass is 16.5. The molecule has 1 aliphatic heterocycles. The van der Waals surface area contributed by atoms with Crippen LogP contribution in [-0.2, 0) is 4.74 Å². The van der Waals surface area contributed by atoms with Gasteiger partial charge >= 0.3 is 0 Å². The van der Waals surface area contributed by atoms with Crippen LogP contribution in [0.1, 0.15) is 52.9 Å². The third-order valence-electron chi connectivity index (χ3n) is 5.57. The Kier molecular flexibility index (Phi) is 4.05. The Bertz CT molecular complexity index is 282. The van der Waals surface area contributed by atoms with E-state index in [1.807, 2.05) is 0 Å². The van der Waals surface area contributed by atoms with Crippen LogP contribution in [0.2, 0.25) is 0 Å². The number of hydrogen-bond acceptors (Lipinski definition) is 3. The molecule has 0 aromatic carbocycles. The van der Waals surface area contributed by atoms with Crippen molar-refractivity contribution < 1.29 is 4.74 Å². The first-order valence-electron chi connectivity index (χ1n) is 7.46. The number of ether oxygens (including phenoxy) is 1. The molecule has 2 rings (SSSR count). The lowest BCUT2D eigenvalue weighted by Gasteiger charge is -2.48. The quantitative estimate of drug-likeness (QED) is 0.840. The minimum Gasteiger partial charge on any atom is -0.376 e. The molecule has 2 N–H and O–H groups in total. The lowest BCUT2D eigenvalue weighted by molar-refractivity contribution is -0.0115. The van der Waals surface area contributed by atoms with E-state index in [9.17, 15) is 0 Å². The molecular weight excluding hydrogens is 224 g/mol. The van der Waals surface area contributed by atoms with E-state index < -0.39 is 0 Å². The minimum atomic E-state index is 0.0755. The summed E-state index contributed by atoms with van der Waals surface area (Å²) < 4.78 is 5.79. The Balaban J connectivity index is 2.04. The summed E-state index contributed by atoms with van der Waals surface area (Å²) >= 11 is 0. The van der Waals surface area contributed by atoms with Crippen molar-refractivity contribution in [2.24, 2.45) is 11.1 Å². The summed E-state index contributed by atoms with van der Waals surface area (Å²) in [7, 11) is 2.26. The summed E-state index contributed by atoms with van der Waals surface area (Å²) in [5, 5.41) is 0. The Morgan fingerprint density at radius 1 is 1.22 bits per heavy atom. The molecule has 0 spiro atoms. The fourth-order valence-corrected chi connectivity index (χ4v) is 3.78. The Labute approximate surface area is 112 Å². The predicted octanol–water partition coefficient (Wildman–Crippen LogP) is 2.39. The molecule has 2 fully saturated rings. The van der Waals surface area contributed by atoms with Crippen LogP contribution in [-0.4, -0.2) is 42.8 Å². The normalized spacial score (nSPS) is 37.3. The molecule has 2 atom stereocenters. The van der Waals surface area contributed by atoms with Gasteiger partial charge in [0, 0.05) is 19.2 Å². The third kappa shape index (κ3) is 2.45. The monoisotopic (exact) mass is 254 g/mol. The van der Waals surface area contributed by atoms with Crippen LogP contribution in [0.25, 0.3) is 0 Å². The first-order chi connectivity index (χ1) is 8.41. The molecule has 3 heteroatoms. The molecule has 0 radical (unpaired) electrons. The van der Waals surface area contributed by atoms with Crippen molar-refractivity contribution in [3.8, 4) is 0 Å². The van der Waals surface area contributed by atoms with E-state index in [-0.39, 0.29) is 11.6 Å². The third-order valence-corrected chi connectivity index (χ3v) is 5.57. The Morgan fingerprint density at radius 3 is 2.28 bits per heavy atom. The van der Waals surface area contributed by atoms with Crippen molar-refractivity contribution in [2.75, 3.05) is 20.2 Å². The summed E-state index contributed by atoms with van der Waals surface area (Å²) in [4.78, 5) is 2.56. The molecule has 1 saturated heterocycles. The molecule has 0 aromatic rings. The van der Waals surface area contributed by atoms with Crippen LogP contribution in [0.15, 0.2) is 0 Å². The van der Waals surface area contributed by atoms with E-state index in [0.29, 0.717) is 18.0 Å². The molecule has 1 saturated carbocycles. The van der Waals surface area contributed by atoms with Crippen molar-refractivity contribution in [1.82, 2.24) is 4.90 Å². The summed E-state index contributed by atoms with van der Waals surface area (Å²) in [6, 6.07) is 0.686. The van der Waals surface area contributed by atoms with Crippen LogP contribution in [0.3, 0.4) is 0 Å². The van der Waals surface area contributed by atoms with Crippen molar-refractivity contribution in [3.63, 3.8) is 0 Å². The maximum Gasteiger partial charge on any atom is 0.0743 e. The first kappa shape index (κ1) is 14.3. The maximum absolute atomic E-state index is 6.10. The van der Waals surface area contributed by atoms with Gasteiger partial charge in [-0.2, -0.15) is 0 Å². The topological polar surface area (TPSA) is 38.5 Å². The van der Waals surface area contributed by atoms with Gasteiger partial charge in [-0.15, -0.1) is 0 Å². The Hall–Kier alpha value is -0.120. The van der Waals surface area contributed by atoms with Gasteiger partial charge in [-0.1, -0.05) is 13.8 Å². The van der Waals surface area contributed by atoms with Gasteiger partial charge in [0.15, 0.2) is 0 Å². The van der Waals surface area contributed by atoms with Crippen molar-refractivity contribution in [3.05, 3.63) is 0 Å². The molecule has 2 aliphatic rings. The highest BCUT2D eigenvalue weighted by molar-refractivity contribution is 5.02. The van der Waals surface area contributed by atoms with Gasteiger partial charge in [-0.25, -0.2) is 0 Å². The van der Waals surface area contributed by atoms with Crippen LogP contribution < -0.4 is 5.73 Å². The number of rotatable bonds is 3. The molecule has 106 valence electrons. The molecule has 0 aromatic heterocycles. The summed E-state index contributed by atoms with van der Waals surface area (Å²) in [5.74, 6) is 0. The highest BCUT2D eigenvalue weighted by Gasteiger charge is 2.46. The van der Waals surface area contributed by atoms with Crippen LogP contribution in [0.4, 0.5) is 0 Å². The van der Waals surface area contributed by atoms with Crippen molar-refractivity contribution >= 4 is 0 Å². The zero-order chi connectivity index (χ0) is 13.4. The van der Waals surface area contributed by atoms with Gasteiger partial charge in [0.05, 0.1) is 11.6 Å². The molecule has 0 bridgehead atoms. The average molecular weight is 254 g/mol. The van der Waals surface area contributed by atoms with E-state index in [4.69, 9.17) is 10.5 Å². The van der Waals surface area contributed by atoms with Crippen LogP contribution in [0.5, 0.6) is 0 Å². The summed E-state index contributed by atoms with van der Waals surface area (Å²) in [6.45, 7) is 8.54. The number of nitrogens with two attached hydrogens (primary N) is 1.